The maximum atomic E-state index is 4.48. The van der Waals surface area contributed by atoms with Crippen molar-refractivity contribution < 1.29 is 0 Å². The third kappa shape index (κ3) is 3.22. The first kappa shape index (κ1) is 13.3. The van der Waals surface area contributed by atoms with Gasteiger partial charge in [-0.1, -0.05) is 24.3 Å². The van der Waals surface area contributed by atoms with E-state index in [1.165, 1.54) is 11.1 Å². The van der Waals surface area contributed by atoms with E-state index in [0.717, 1.165) is 24.0 Å². The third-order valence-electron chi connectivity index (χ3n) is 3.14. The van der Waals surface area contributed by atoms with Crippen molar-refractivity contribution in [3.8, 4) is 0 Å². The number of aromatic nitrogens is 2. The summed E-state index contributed by atoms with van der Waals surface area (Å²) in [5.41, 5.74) is 2.61. The molecule has 0 bridgehead atoms. The van der Waals surface area contributed by atoms with Gasteiger partial charge in [0.2, 0.25) is 0 Å². The topological polar surface area (TPSA) is 41.0 Å². The average molecular weight is 256 g/mol. The number of hydrogen-bond donors (Lipinski definition) is 1. The highest BCUT2D eigenvalue weighted by Crippen LogP contribution is 2.18. The maximum absolute atomic E-state index is 4.48. The van der Waals surface area contributed by atoms with Crippen molar-refractivity contribution in [1.82, 2.24) is 9.97 Å². The van der Waals surface area contributed by atoms with E-state index >= 15 is 0 Å². The van der Waals surface area contributed by atoms with Crippen LogP contribution in [-0.4, -0.2) is 24.1 Å². The van der Waals surface area contributed by atoms with Crippen LogP contribution in [0.3, 0.4) is 0 Å². The Bertz CT molecular complexity index is 566. The molecule has 1 aromatic carbocycles. The molecule has 1 aromatic heterocycles. The second-order valence-electron chi connectivity index (χ2n) is 4.69. The minimum Gasteiger partial charge on any atom is -0.373 e. The molecule has 4 nitrogen and oxygen atoms in total. The lowest BCUT2D eigenvalue weighted by atomic mass is 10.1. The molecular formula is C15H20N4. The van der Waals surface area contributed by atoms with Gasteiger partial charge in [0.1, 0.15) is 17.5 Å². The number of nitrogens with zero attached hydrogens (tertiary/aromatic N) is 3. The predicted molar refractivity (Wildman–Crippen MR) is 79.6 cm³/mol. The minimum atomic E-state index is 0.776. The molecule has 0 aliphatic rings. The first-order chi connectivity index (χ1) is 9.10. The number of rotatable bonds is 4. The van der Waals surface area contributed by atoms with Gasteiger partial charge in [-0.3, -0.25) is 0 Å². The van der Waals surface area contributed by atoms with Crippen molar-refractivity contribution >= 4 is 11.6 Å². The van der Waals surface area contributed by atoms with Crippen molar-refractivity contribution in [3.63, 3.8) is 0 Å². The number of nitrogens with one attached hydrogen (secondary N) is 1. The number of aryl methyl sites for hydroxylation is 2. The molecule has 0 unspecified atom stereocenters. The van der Waals surface area contributed by atoms with Crippen LogP contribution in [0.5, 0.6) is 0 Å². The van der Waals surface area contributed by atoms with Crippen LogP contribution in [0.4, 0.5) is 11.6 Å². The lowest BCUT2D eigenvalue weighted by molar-refractivity contribution is 0.874. The molecule has 0 aliphatic carbocycles. The quantitative estimate of drug-likeness (QED) is 0.913. The molecule has 0 saturated heterocycles. The Morgan fingerprint density at radius 1 is 1.16 bits per heavy atom. The van der Waals surface area contributed by atoms with Gasteiger partial charge in [-0.15, -0.1) is 0 Å². The van der Waals surface area contributed by atoms with E-state index in [4.69, 9.17) is 0 Å². The molecule has 0 radical (unpaired) electrons. The fraction of sp³-hybridized carbons (Fsp3) is 0.333. The summed E-state index contributed by atoms with van der Waals surface area (Å²) in [4.78, 5) is 10.9. The van der Waals surface area contributed by atoms with E-state index in [-0.39, 0.29) is 0 Å². The van der Waals surface area contributed by atoms with E-state index in [0.29, 0.717) is 0 Å². The van der Waals surface area contributed by atoms with Crippen LogP contribution in [0.25, 0.3) is 0 Å². The number of hydrogen-bond acceptors (Lipinski definition) is 4. The average Bonchev–Trinajstić information content (AvgIpc) is 2.40. The smallest absolute Gasteiger partial charge is 0.134 e. The Labute approximate surface area is 114 Å². The summed E-state index contributed by atoms with van der Waals surface area (Å²) >= 11 is 0. The van der Waals surface area contributed by atoms with Gasteiger partial charge < -0.3 is 10.2 Å². The summed E-state index contributed by atoms with van der Waals surface area (Å²) in [6.07, 6.45) is 0. The molecule has 0 amide bonds. The highest BCUT2D eigenvalue weighted by molar-refractivity contribution is 5.49. The zero-order valence-electron chi connectivity index (χ0n) is 11.9. The van der Waals surface area contributed by atoms with E-state index in [1.54, 1.807) is 0 Å². The van der Waals surface area contributed by atoms with Gasteiger partial charge >= 0.3 is 0 Å². The molecule has 0 aliphatic heterocycles. The van der Waals surface area contributed by atoms with Crippen molar-refractivity contribution in [2.24, 2.45) is 0 Å². The third-order valence-corrected chi connectivity index (χ3v) is 3.14. The standard InChI is InChI=1S/C15H20N4/c1-11-7-5-6-8-13(11)10-19(4)15-9-14(16-3)17-12(2)18-15/h5-9H,10H2,1-4H3,(H,16,17,18). The van der Waals surface area contributed by atoms with Crippen molar-refractivity contribution in [2.45, 2.75) is 20.4 Å². The summed E-state index contributed by atoms with van der Waals surface area (Å²) < 4.78 is 0. The van der Waals surface area contributed by atoms with Crippen LogP contribution in [0.2, 0.25) is 0 Å². The van der Waals surface area contributed by atoms with Crippen LogP contribution >= 0.6 is 0 Å². The van der Waals surface area contributed by atoms with E-state index in [1.807, 2.05) is 27.1 Å². The van der Waals surface area contributed by atoms with Gasteiger partial charge in [0.25, 0.3) is 0 Å². The number of anilines is 2. The van der Waals surface area contributed by atoms with Crippen LogP contribution in [0.1, 0.15) is 17.0 Å². The van der Waals surface area contributed by atoms with Crippen molar-refractivity contribution in [1.29, 1.82) is 0 Å². The zero-order valence-corrected chi connectivity index (χ0v) is 11.9. The number of benzene rings is 1. The second kappa shape index (κ2) is 5.69. The molecule has 0 atom stereocenters. The highest BCUT2D eigenvalue weighted by atomic mass is 15.2. The Kier molecular flexibility index (Phi) is 4.00. The molecule has 0 fully saturated rings. The Morgan fingerprint density at radius 3 is 2.58 bits per heavy atom. The second-order valence-corrected chi connectivity index (χ2v) is 4.69. The molecule has 2 aromatic rings. The molecule has 4 heteroatoms. The lowest BCUT2D eigenvalue weighted by Crippen LogP contribution is -2.19. The normalized spacial score (nSPS) is 10.3. The van der Waals surface area contributed by atoms with Crippen LogP contribution in [-0.2, 0) is 6.54 Å². The molecule has 1 N–H and O–H groups in total. The zero-order chi connectivity index (χ0) is 13.8. The van der Waals surface area contributed by atoms with E-state index in [9.17, 15) is 0 Å². The fourth-order valence-corrected chi connectivity index (χ4v) is 2.00. The highest BCUT2D eigenvalue weighted by Gasteiger charge is 2.07. The van der Waals surface area contributed by atoms with Gasteiger partial charge in [0, 0.05) is 26.7 Å². The first-order valence-electron chi connectivity index (χ1n) is 6.39. The van der Waals surface area contributed by atoms with Crippen molar-refractivity contribution in [2.75, 3.05) is 24.3 Å². The Balaban J connectivity index is 2.22. The molecule has 2 rings (SSSR count). The van der Waals surface area contributed by atoms with Crippen LogP contribution in [0.15, 0.2) is 30.3 Å². The molecule has 1 heterocycles. The maximum Gasteiger partial charge on any atom is 0.134 e. The molecule has 0 saturated carbocycles. The van der Waals surface area contributed by atoms with Gasteiger partial charge in [0.05, 0.1) is 0 Å². The predicted octanol–water partition coefficient (Wildman–Crippen LogP) is 2.77. The molecule has 19 heavy (non-hydrogen) atoms. The summed E-state index contributed by atoms with van der Waals surface area (Å²) in [5.74, 6) is 2.55. The SMILES string of the molecule is CNc1cc(N(C)Cc2ccccc2C)nc(C)n1. The summed E-state index contributed by atoms with van der Waals surface area (Å²) in [6.45, 7) is 4.88. The molecular weight excluding hydrogens is 236 g/mol. The van der Waals surface area contributed by atoms with Gasteiger partial charge in [-0.25, -0.2) is 9.97 Å². The monoisotopic (exact) mass is 256 g/mol. The molecule has 100 valence electrons. The van der Waals surface area contributed by atoms with E-state index < -0.39 is 0 Å². The lowest BCUT2D eigenvalue weighted by Gasteiger charge is -2.20. The van der Waals surface area contributed by atoms with Gasteiger partial charge in [-0.2, -0.15) is 0 Å². The van der Waals surface area contributed by atoms with Crippen LogP contribution < -0.4 is 10.2 Å². The molecule has 0 spiro atoms. The Morgan fingerprint density at radius 2 is 1.89 bits per heavy atom. The Hall–Kier alpha value is -2.10. The largest absolute Gasteiger partial charge is 0.373 e. The minimum absolute atomic E-state index is 0.776. The van der Waals surface area contributed by atoms with Crippen molar-refractivity contribution in [3.05, 3.63) is 47.3 Å². The van der Waals surface area contributed by atoms with E-state index in [2.05, 4.69) is 51.4 Å². The summed E-state index contributed by atoms with van der Waals surface area (Å²) in [6, 6.07) is 10.4. The summed E-state index contributed by atoms with van der Waals surface area (Å²) in [5, 5.41) is 3.06. The van der Waals surface area contributed by atoms with Crippen LogP contribution in [0, 0.1) is 13.8 Å². The summed E-state index contributed by atoms with van der Waals surface area (Å²) in [7, 11) is 3.92. The van der Waals surface area contributed by atoms with Gasteiger partial charge in [-0.05, 0) is 25.0 Å². The van der Waals surface area contributed by atoms with Gasteiger partial charge in [0.15, 0.2) is 0 Å². The first-order valence-corrected chi connectivity index (χ1v) is 6.39. The fourth-order valence-electron chi connectivity index (χ4n) is 2.00.